The smallest absolute Gasteiger partial charge is 0.248 e. The molecule has 0 aliphatic carbocycles. The van der Waals surface area contributed by atoms with Crippen LogP contribution in [0.25, 0.3) is 0 Å². The molecule has 0 radical (unpaired) electrons. The van der Waals surface area contributed by atoms with Gasteiger partial charge in [-0.3, -0.25) is 9.59 Å². The quantitative estimate of drug-likeness (QED) is 0.928. The van der Waals surface area contributed by atoms with Crippen LogP contribution in [-0.2, 0) is 16.1 Å². The molecular weight excluding hydrogens is 286 g/mol. The Labute approximate surface area is 129 Å². The van der Waals surface area contributed by atoms with Gasteiger partial charge in [-0.25, -0.2) is 4.98 Å². The van der Waals surface area contributed by atoms with Crippen LogP contribution in [0.5, 0.6) is 0 Å². The molecule has 1 fully saturated rings. The first kappa shape index (κ1) is 15.9. The molecule has 1 unspecified atom stereocenters. The molecular formula is C15H23N3O2S. The van der Waals surface area contributed by atoms with Crippen molar-refractivity contribution in [2.45, 2.75) is 65.1 Å². The summed E-state index contributed by atoms with van der Waals surface area (Å²) in [6.45, 7) is 8.25. The summed E-state index contributed by atoms with van der Waals surface area (Å²) >= 11 is 1.56. The summed E-state index contributed by atoms with van der Waals surface area (Å²) in [6, 6.07) is -0.110. The largest absolute Gasteiger partial charge is 0.342 e. The zero-order chi connectivity index (χ0) is 15.6. The van der Waals surface area contributed by atoms with Gasteiger partial charge in [0.15, 0.2) is 0 Å². The van der Waals surface area contributed by atoms with Crippen LogP contribution in [0.1, 0.15) is 50.7 Å². The molecule has 1 saturated heterocycles. The van der Waals surface area contributed by atoms with E-state index in [9.17, 15) is 9.59 Å². The Bertz CT molecular complexity index is 537. The standard InChI is InChI=1S/C15H23N3O2S/c1-5-15(6-2)14(20)18(11(4)7-12(19)17-15)8-13-16-10(3)9-21-13/h9,11H,5-8H2,1-4H3,(H,17,19). The highest BCUT2D eigenvalue weighted by Gasteiger charge is 2.44. The summed E-state index contributed by atoms with van der Waals surface area (Å²) in [4.78, 5) is 31.3. The number of thiazole rings is 1. The lowest BCUT2D eigenvalue weighted by atomic mass is 9.91. The predicted molar refractivity (Wildman–Crippen MR) is 82.9 cm³/mol. The summed E-state index contributed by atoms with van der Waals surface area (Å²) in [6.07, 6.45) is 1.56. The fraction of sp³-hybridized carbons (Fsp3) is 0.667. The highest BCUT2D eigenvalue weighted by molar-refractivity contribution is 7.09. The number of carbonyl (C=O) groups is 2. The van der Waals surface area contributed by atoms with Crippen molar-refractivity contribution in [3.8, 4) is 0 Å². The Kier molecular flexibility index (Phi) is 4.66. The van der Waals surface area contributed by atoms with Crippen LogP contribution >= 0.6 is 11.3 Å². The molecule has 1 aliphatic rings. The van der Waals surface area contributed by atoms with Crippen LogP contribution in [0.3, 0.4) is 0 Å². The van der Waals surface area contributed by atoms with E-state index in [1.165, 1.54) is 0 Å². The number of aromatic nitrogens is 1. The van der Waals surface area contributed by atoms with E-state index in [-0.39, 0.29) is 17.9 Å². The molecule has 1 aromatic heterocycles. The first-order valence-electron chi connectivity index (χ1n) is 7.45. The number of carbonyl (C=O) groups excluding carboxylic acids is 2. The molecule has 2 rings (SSSR count). The van der Waals surface area contributed by atoms with Crippen LogP contribution in [0, 0.1) is 6.92 Å². The third-order valence-electron chi connectivity index (χ3n) is 4.24. The number of amides is 2. The summed E-state index contributed by atoms with van der Waals surface area (Å²) in [5, 5.41) is 5.85. The zero-order valence-electron chi connectivity index (χ0n) is 13.1. The molecule has 0 bridgehead atoms. The van der Waals surface area contributed by atoms with Crippen LogP contribution < -0.4 is 5.32 Å². The van der Waals surface area contributed by atoms with E-state index in [0.717, 1.165) is 10.7 Å². The molecule has 2 amide bonds. The number of rotatable bonds is 4. The van der Waals surface area contributed by atoms with Crippen LogP contribution in [0.15, 0.2) is 5.38 Å². The number of nitrogens with one attached hydrogen (secondary N) is 1. The van der Waals surface area contributed by atoms with Crippen molar-refractivity contribution in [3.63, 3.8) is 0 Å². The Balaban J connectivity index is 2.32. The Morgan fingerprint density at radius 2 is 2.10 bits per heavy atom. The Morgan fingerprint density at radius 1 is 1.43 bits per heavy atom. The van der Waals surface area contributed by atoms with Gasteiger partial charge in [0.1, 0.15) is 10.5 Å². The molecule has 2 heterocycles. The normalized spacial score (nSPS) is 22.1. The summed E-state index contributed by atoms with van der Waals surface area (Å²) in [7, 11) is 0. The second-order valence-electron chi connectivity index (χ2n) is 5.71. The molecule has 0 spiro atoms. The number of nitrogens with zero attached hydrogens (tertiary/aromatic N) is 2. The van der Waals surface area contributed by atoms with Gasteiger partial charge in [-0.2, -0.15) is 0 Å². The van der Waals surface area contributed by atoms with Crippen LogP contribution in [0.2, 0.25) is 0 Å². The van der Waals surface area contributed by atoms with Gasteiger partial charge in [-0.15, -0.1) is 11.3 Å². The van der Waals surface area contributed by atoms with Crippen molar-refractivity contribution in [1.82, 2.24) is 15.2 Å². The van der Waals surface area contributed by atoms with Crippen LogP contribution in [0.4, 0.5) is 0 Å². The van der Waals surface area contributed by atoms with Crippen molar-refractivity contribution < 1.29 is 9.59 Å². The van der Waals surface area contributed by atoms with E-state index in [0.29, 0.717) is 25.8 Å². The molecule has 21 heavy (non-hydrogen) atoms. The van der Waals surface area contributed by atoms with Gasteiger partial charge in [0.05, 0.1) is 6.54 Å². The van der Waals surface area contributed by atoms with Gasteiger partial charge < -0.3 is 10.2 Å². The van der Waals surface area contributed by atoms with E-state index < -0.39 is 5.54 Å². The van der Waals surface area contributed by atoms with Gasteiger partial charge in [0.25, 0.3) is 0 Å². The van der Waals surface area contributed by atoms with Crippen molar-refractivity contribution >= 4 is 23.2 Å². The monoisotopic (exact) mass is 309 g/mol. The topological polar surface area (TPSA) is 62.3 Å². The highest BCUT2D eigenvalue weighted by Crippen LogP contribution is 2.26. The fourth-order valence-corrected chi connectivity index (χ4v) is 3.57. The molecule has 1 atom stereocenters. The molecule has 1 aromatic rings. The Morgan fingerprint density at radius 3 is 2.62 bits per heavy atom. The third-order valence-corrected chi connectivity index (χ3v) is 5.19. The lowest BCUT2D eigenvalue weighted by Crippen LogP contribution is -2.56. The third kappa shape index (κ3) is 3.10. The predicted octanol–water partition coefficient (Wildman–Crippen LogP) is 2.25. The number of hydrogen-bond acceptors (Lipinski definition) is 4. The minimum absolute atomic E-state index is 0.0127. The van der Waals surface area contributed by atoms with Gasteiger partial charge in [-0.05, 0) is 26.7 Å². The Hall–Kier alpha value is -1.43. The maximum atomic E-state index is 13.0. The van der Waals surface area contributed by atoms with E-state index in [1.807, 2.05) is 38.0 Å². The second-order valence-corrected chi connectivity index (χ2v) is 6.65. The molecule has 0 saturated carbocycles. The van der Waals surface area contributed by atoms with Crippen molar-refractivity contribution in [2.24, 2.45) is 0 Å². The lowest BCUT2D eigenvalue weighted by Gasteiger charge is -2.35. The minimum atomic E-state index is -0.770. The average molecular weight is 309 g/mol. The van der Waals surface area contributed by atoms with Crippen molar-refractivity contribution in [1.29, 1.82) is 0 Å². The maximum absolute atomic E-state index is 13.0. The average Bonchev–Trinajstić information content (AvgIpc) is 2.83. The van der Waals surface area contributed by atoms with E-state index >= 15 is 0 Å². The zero-order valence-corrected chi connectivity index (χ0v) is 13.9. The molecule has 116 valence electrons. The molecule has 1 aliphatic heterocycles. The lowest BCUT2D eigenvalue weighted by molar-refractivity contribution is -0.141. The summed E-state index contributed by atoms with van der Waals surface area (Å²) in [5.41, 5.74) is 0.199. The number of aryl methyl sites for hydroxylation is 1. The van der Waals surface area contributed by atoms with E-state index in [1.54, 1.807) is 11.3 Å². The SMILES string of the molecule is CCC1(CC)NC(=O)CC(C)N(Cc2nc(C)cs2)C1=O. The first-order valence-corrected chi connectivity index (χ1v) is 8.33. The van der Waals surface area contributed by atoms with Crippen molar-refractivity contribution in [3.05, 3.63) is 16.1 Å². The van der Waals surface area contributed by atoms with Gasteiger partial charge in [-0.1, -0.05) is 13.8 Å². The minimum Gasteiger partial charge on any atom is -0.342 e. The summed E-state index contributed by atoms with van der Waals surface area (Å²) < 4.78 is 0. The van der Waals surface area contributed by atoms with Crippen LogP contribution in [-0.4, -0.2) is 33.3 Å². The highest BCUT2D eigenvalue weighted by atomic mass is 32.1. The fourth-order valence-electron chi connectivity index (χ4n) is 2.80. The van der Waals surface area contributed by atoms with Crippen molar-refractivity contribution in [2.75, 3.05) is 0 Å². The molecule has 5 nitrogen and oxygen atoms in total. The molecule has 0 aromatic carbocycles. The molecule has 1 N–H and O–H groups in total. The van der Waals surface area contributed by atoms with E-state index in [4.69, 9.17) is 0 Å². The summed E-state index contributed by atoms with van der Waals surface area (Å²) in [5.74, 6) is -0.0314. The van der Waals surface area contributed by atoms with Gasteiger partial charge in [0, 0.05) is 23.5 Å². The maximum Gasteiger partial charge on any atom is 0.248 e. The van der Waals surface area contributed by atoms with E-state index in [2.05, 4.69) is 10.3 Å². The van der Waals surface area contributed by atoms with Gasteiger partial charge in [0.2, 0.25) is 11.8 Å². The molecule has 6 heteroatoms. The number of hydrogen-bond donors (Lipinski definition) is 1. The van der Waals surface area contributed by atoms with Gasteiger partial charge >= 0.3 is 0 Å². The first-order chi connectivity index (χ1) is 9.91. The second kappa shape index (κ2) is 6.13.